The van der Waals surface area contributed by atoms with E-state index < -0.39 is 10.0 Å². The molecule has 2 aromatic carbocycles. The molecule has 0 aliphatic carbocycles. The first-order valence-electron chi connectivity index (χ1n) is 5.21. The van der Waals surface area contributed by atoms with Crippen LogP contribution in [0.15, 0.2) is 47.8 Å². The molecule has 3 rings (SSSR count). The van der Waals surface area contributed by atoms with Crippen molar-refractivity contribution in [3.63, 3.8) is 0 Å². The summed E-state index contributed by atoms with van der Waals surface area (Å²) in [7, 11) is -3.70. The highest BCUT2D eigenvalue weighted by Gasteiger charge is 2.09. The van der Waals surface area contributed by atoms with Gasteiger partial charge in [-0.1, -0.05) is 12.1 Å². The lowest BCUT2D eigenvalue weighted by Gasteiger charge is -2.04. The molecule has 0 bridgehead atoms. The summed E-state index contributed by atoms with van der Waals surface area (Å²) in [5.74, 6) is 0. The molecule has 0 amide bonds. The molecule has 0 saturated carbocycles. The van der Waals surface area contributed by atoms with Crippen molar-refractivity contribution in [3.05, 3.63) is 42.9 Å². The Morgan fingerprint density at radius 1 is 1.06 bits per heavy atom. The van der Waals surface area contributed by atoms with E-state index in [1.165, 1.54) is 12.4 Å². The van der Waals surface area contributed by atoms with Crippen LogP contribution in [-0.4, -0.2) is 18.4 Å². The van der Waals surface area contributed by atoms with Gasteiger partial charge in [-0.05, 0) is 29.0 Å². The van der Waals surface area contributed by atoms with E-state index in [0.717, 1.165) is 21.7 Å². The topological polar surface area (TPSA) is 85.9 Å². The summed E-state index contributed by atoms with van der Waals surface area (Å²) in [6.45, 7) is 0. The minimum Gasteiger partial charge on any atom is -0.244 e. The Morgan fingerprint density at radius 3 is 2.61 bits per heavy atom. The molecule has 2 N–H and O–H groups in total. The van der Waals surface area contributed by atoms with Gasteiger partial charge in [-0.3, -0.25) is 0 Å². The van der Waals surface area contributed by atoms with Crippen LogP contribution in [0.25, 0.3) is 21.7 Å². The van der Waals surface area contributed by atoms with E-state index in [4.69, 9.17) is 5.14 Å². The molecule has 0 fully saturated rings. The van der Waals surface area contributed by atoms with Crippen LogP contribution in [0.1, 0.15) is 0 Å². The van der Waals surface area contributed by atoms with Gasteiger partial charge in [0.05, 0.1) is 10.4 Å². The van der Waals surface area contributed by atoms with Crippen molar-refractivity contribution in [2.24, 2.45) is 5.14 Å². The summed E-state index contributed by atoms with van der Waals surface area (Å²) < 4.78 is 22.7. The number of nitrogens with zero attached hydrogens (tertiary/aromatic N) is 2. The molecule has 1 aromatic heterocycles. The van der Waals surface area contributed by atoms with Crippen molar-refractivity contribution in [3.8, 4) is 0 Å². The quantitative estimate of drug-likeness (QED) is 0.670. The lowest BCUT2D eigenvalue weighted by Crippen LogP contribution is -2.11. The molecular weight excluding hydrogens is 250 g/mol. The Hall–Kier alpha value is -2.05. The molecule has 0 aliphatic rings. The van der Waals surface area contributed by atoms with Crippen LogP contribution >= 0.6 is 0 Å². The van der Waals surface area contributed by atoms with E-state index in [2.05, 4.69) is 9.97 Å². The van der Waals surface area contributed by atoms with Crippen LogP contribution in [-0.2, 0) is 10.0 Å². The third-order valence-electron chi connectivity index (χ3n) is 2.81. The van der Waals surface area contributed by atoms with Gasteiger partial charge in [0.15, 0.2) is 0 Å². The fraction of sp³-hybridized carbons (Fsp3) is 0. The van der Waals surface area contributed by atoms with Gasteiger partial charge >= 0.3 is 0 Å². The van der Waals surface area contributed by atoms with Gasteiger partial charge in [-0.2, -0.15) is 0 Å². The lowest BCUT2D eigenvalue weighted by atomic mass is 10.1. The fourth-order valence-electron chi connectivity index (χ4n) is 1.94. The largest absolute Gasteiger partial charge is 0.244 e. The van der Waals surface area contributed by atoms with Crippen LogP contribution in [0.4, 0.5) is 0 Å². The van der Waals surface area contributed by atoms with Gasteiger partial charge in [0.25, 0.3) is 0 Å². The van der Waals surface area contributed by atoms with Crippen molar-refractivity contribution in [1.29, 1.82) is 0 Å². The Bertz CT molecular complexity index is 859. The first kappa shape index (κ1) is 11.1. The lowest BCUT2D eigenvalue weighted by molar-refractivity contribution is 0.598. The number of benzene rings is 2. The molecule has 0 radical (unpaired) electrons. The molecule has 90 valence electrons. The first-order valence-corrected chi connectivity index (χ1v) is 6.76. The van der Waals surface area contributed by atoms with Gasteiger partial charge in [-0.15, -0.1) is 0 Å². The van der Waals surface area contributed by atoms with Crippen molar-refractivity contribution >= 4 is 31.7 Å². The number of primary sulfonamides is 1. The Kier molecular flexibility index (Phi) is 2.29. The molecule has 0 atom stereocenters. The van der Waals surface area contributed by atoms with E-state index in [1.807, 2.05) is 12.1 Å². The zero-order valence-corrected chi connectivity index (χ0v) is 10.1. The number of nitrogens with two attached hydrogens (primary N) is 1. The van der Waals surface area contributed by atoms with Crippen molar-refractivity contribution in [2.45, 2.75) is 4.90 Å². The van der Waals surface area contributed by atoms with E-state index in [1.54, 1.807) is 18.3 Å². The molecule has 3 aromatic rings. The molecule has 18 heavy (non-hydrogen) atoms. The minimum atomic E-state index is -3.70. The second kappa shape index (κ2) is 3.72. The molecular formula is C12H9N3O2S. The summed E-state index contributed by atoms with van der Waals surface area (Å²) in [6, 6.07) is 8.53. The second-order valence-electron chi connectivity index (χ2n) is 3.95. The first-order chi connectivity index (χ1) is 8.55. The summed E-state index contributed by atoms with van der Waals surface area (Å²) in [6.07, 6.45) is 3.12. The third kappa shape index (κ3) is 1.71. The SMILES string of the molecule is NS(=O)(=O)c1ccc2ccc3ncncc3c2c1. The zero-order chi connectivity index (χ0) is 12.8. The average Bonchev–Trinajstić information content (AvgIpc) is 2.37. The number of hydrogen-bond acceptors (Lipinski definition) is 4. The molecule has 1 heterocycles. The Labute approximate surface area is 103 Å². The monoisotopic (exact) mass is 259 g/mol. The van der Waals surface area contributed by atoms with Crippen LogP contribution in [0.5, 0.6) is 0 Å². The normalized spacial score (nSPS) is 12.1. The standard InChI is InChI=1S/C12H9N3O2S/c13-18(16,17)9-3-1-8-2-4-12-11(10(8)5-9)6-14-7-15-12/h1-7H,(H2,13,16,17). The van der Waals surface area contributed by atoms with Crippen molar-refractivity contribution in [1.82, 2.24) is 9.97 Å². The van der Waals surface area contributed by atoms with E-state index in [0.29, 0.717) is 0 Å². The number of rotatable bonds is 1. The highest BCUT2D eigenvalue weighted by molar-refractivity contribution is 7.89. The van der Waals surface area contributed by atoms with Gasteiger partial charge in [0, 0.05) is 11.6 Å². The number of fused-ring (bicyclic) bond motifs is 3. The van der Waals surface area contributed by atoms with E-state index >= 15 is 0 Å². The average molecular weight is 259 g/mol. The summed E-state index contributed by atoms with van der Waals surface area (Å²) in [5.41, 5.74) is 0.768. The molecule has 5 nitrogen and oxygen atoms in total. The summed E-state index contributed by atoms with van der Waals surface area (Å²) >= 11 is 0. The predicted molar refractivity (Wildman–Crippen MR) is 68.4 cm³/mol. The zero-order valence-electron chi connectivity index (χ0n) is 9.24. The smallest absolute Gasteiger partial charge is 0.238 e. The molecule has 6 heteroatoms. The highest BCUT2D eigenvalue weighted by atomic mass is 32.2. The fourth-order valence-corrected chi connectivity index (χ4v) is 2.48. The van der Waals surface area contributed by atoms with Crippen LogP contribution in [0.2, 0.25) is 0 Å². The highest BCUT2D eigenvalue weighted by Crippen LogP contribution is 2.25. The van der Waals surface area contributed by atoms with E-state index in [9.17, 15) is 8.42 Å². The predicted octanol–water partition coefficient (Wildman–Crippen LogP) is 1.43. The van der Waals surface area contributed by atoms with E-state index in [-0.39, 0.29) is 4.90 Å². The van der Waals surface area contributed by atoms with Crippen LogP contribution in [0.3, 0.4) is 0 Å². The van der Waals surface area contributed by atoms with Crippen molar-refractivity contribution < 1.29 is 8.42 Å². The number of aromatic nitrogens is 2. The molecule has 0 aliphatic heterocycles. The molecule has 0 spiro atoms. The van der Waals surface area contributed by atoms with Gasteiger partial charge in [0.1, 0.15) is 6.33 Å². The maximum Gasteiger partial charge on any atom is 0.238 e. The maximum atomic E-state index is 11.4. The van der Waals surface area contributed by atoms with Crippen LogP contribution in [0, 0.1) is 0 Å². The minimum absolute atomic E-state index is 0.0892. The maximum absolute atomic E-state index is 11.4. The van der Waals surface area contributed by atoms with Crippen molar-refractivity contribution in [2.75, 3.05) is 0 Å². The van der Waals surface area contributed by atoms with Gasteiger partial charge < -0.3 is 0 Å². The number of sulfonamides is 1. The van der Waals surface area contributed by atoms with Crippen LogP contribution < -0.4 is 5.14 Å². The Balaban J connectivity index is 2.48. The number of hydrogen-bond donors (Lipinski definition) is 1. The Morgan fingerprint density at radius 2 is 1.83 bits per heavy atom. The summed E-state index contributed by atoms with van der Waals surface area (Å²) in [4.78, 5) is 8.18. The third-order valence-corrected chi connectivity index (χ3v) is 3.72. The molecule has 0 saturated heterocycles. The molecule has 0 unspecified atom stereocenters. The van der Waals surface area contributed by atoms with Gasteiger partial charge in [-0.25, -0.2) is 23.5 Å². The summed E-state index contributed by atoms with van der Waals surface area (Å²) in [5, 5.41) is 7.64. The van der Waals surface area contributed by atoms with Gasteiger partial charge in [0.2, 0.25) is 10.0 Å². The second-order valence-corrected chi connectivity index (χ2v) is 5.51.